The Hall–Kier alpha value is -0.640. The fourth-order valence-electron chi connectivity index (χ4n) is 1.62. The molecule has 0 aliphatic heterocycles. The third-order valence-corrected chi connectivity index (χ3v) is 2.47. The van der Waals surface area contributed by atoms with E-state index in [-0.39, 0.29) is 5.41 Å². The van der Waals surface area contributed by atoms with Crippen molar-refractivity contribution in [1.29, 1.82) is 0 Å². The van der Waals surface area contributed by atoms with Gasteiger partial charge in [0.05, 0.1) is 0 Å². The Morgan fingerprint density at radius 3 is 2.14 bits per heavy atom. The lowest BCUT2D eigenvalue weighted by atomic mass is 9.81. The maximum Gasteiger partial charge on any atom is 0.0304 e. The lowest BCUT2D eigenvalue weighted by Crippen LogP contribution is -2.15. The van der Waals surface area contributed by atoms with Gasteiger partial charge in [0.2, 0.25) is 0 Å². The van der Waals surface area contributed by atoms with Gasteiger partial charge in [-0.25, -0.2) is 0 Å². The topological polar surface area (TPSA) is 3.24 Å². The number of unbranched alkanes of at least 4 members (excludes halogenated alkanes) is 1. The number of rotatable bonds is 5. The maximum absolute atomic E-state index is 3.41. The molecule has 0 saturated carbocycles. The maximum atomic E-state index is 3.41. The predicted molar refractivity (Wildman–Crippen MR) is 64.0 cm³/mol. The highest BCUT2D eigenvalue weighted by Crippen LogP contribution is 2.28. The quantitative estimate of drug-likeness (QED) is 0.479. The van der Waals surface area contributed by atoms with Crippen molar-refractivity contribution in [1.82, 2.24) is 4.90 Å². The highest BCUT2D eigenvalue weighted by atomic mass is 15.0. The van der Waals surface area contributed by atoms with Gasteiger partial charge in [0.15, 0.2) is 0 Å². The second-order valence-corrected chi connectivity index (χ2v) is 4.55. The van der Waals surface area contributed by atoms with Crippen molar-refractivity contribution in [3.05, 3.63) is 0 Å². The van der Waals surface area contributed by atoms with Crippen LogP contribution in [-0.2, 0) is 0 Å². The van der Waals surface area contributed by atoms with Crippen LogP contribution in [0.25, 0.3) is 0 Å². The van der Waals surface area contributed by atoms with E-state index in [4.69, 9.17) is 0 Å². The molecule has 0 aliphatic rings. The molecule has 0 amide bonds. The van der Waals surface area contributed by atoms with Crippen LogP contribution in [0, 0.1) is 17.4 Å². The summed E-state index contributed by atoms with van der Waals surface area (Å²) in [5, 5.41) is 0. The van der Waals surface area contributed by atoms with Crippen LogP contribution in [-0.4, -0.2) is 19.0 Å². The monoisotopic (exact) mass is 195 g/mol. The standard InChI is InChI=1S/C13H25N/c1-6-8-10-13(3,9-7-2)11-12-14(4)5/h6-10H2,1-5H3. The first-order valence-corrected chi connectivity index (χ1v) is 5.74. The van der Waals surface area contributed by atoms with Crippen LogP contribution in [0.4, 0.5) is 0 Å². The zero-order chi connectivity index (χ0) is 11.0. The van der Waals surface area contributed by atoms with Crippen molar-refractivity contribution in [2.24, 2.45) is 5.41 Å². The van der Waals surface area contributed by atoms with E-state index in [1.165, 1.54) is 32.1 Å². The van der Waals surface area contributed by atoms with Gasteiger partial charge in [-0.15, -0.1) is 0 Å². The molecule has 0 aromatic heterocycles. The van der Waals surface area contributed by atoms with Crippen LogP contribution in [0.15, 0.2) is 0 Å². The van der Waals surface area contributed by atoms with E-state index >= 15 is 0 Å². The molecule has 0 spiro atoms. The summed E-state index contributed by atoms with van der Waals surface area (Å²) in [5.74, 6) is 3.41. The highest BCUT2D eigenvalue weighted by molar-refractivity contribution is 5.09. The predicted octanol–water partition coefficient (Wildman–Crippen LogP) is 3.51. The van der Waals surface area contributed by atoms with Crippen LogP contribution in [0.2, 0.25) is 0 Å². The molecule has 0 aromatic carbocycles. The van der Waals surface area contributed by atoms with Crippen LogP contribution in [0.5, 0.6) is 0 Å². The van der Waals surface area contributed by atoms with Gasteiger partial charge in [-0.3, -0.25) is 0 Å². The Balaban J connectivity index is 4.32. The van der Waals surface area contributed by atoms with Crippen molar-refractivity contribution >= 4 is 0 Å². The lowest BCUT2D eigenvalue weighted by molar-refractivity contribution is 0.359. The molecule has 0 bridgehead atoms. The second-order valence-electron chi connectivity index (χ2n) is 4.55. The number of nitrogens with zero attached hydrogens (tertiary/aromatic N) is 1. The minimum absolute atomic E-state index is 0.231. The van der Waals surface area contributed by atoms with E-state index in [0.717, 1.165) is 0 Å². The third-order valence-electron chi connectivity index (χ3n) is 2.47. The van der Waals surface area contributed by atoms with E-state index in [1.807, 2.05) is 19.0 Å². The van der Waals surface area contributed by atoms with Crippen molar-refractivity contribution in [2.75, 3.05) is 14.1 Å². The van der Waals surface area contributed by atoms with Gasteiger partial charge in [-0.1, -0.05) is 39.0 Å². The van der Waals surface area contributed by atoms with Gasteiger partial charge >= 0.3 is 0 Å². The van der Waals surface area contributed by atoms with Gasteiger partial charge in [0.25, 0.3) is 0 Å². The van der Waals surface area contributed by atoms with Crippen molar-refractivity contribution in [3.63, 3.8) is 0 Å². The van der Waals surface area contributed by atoms with Gasteiger partial charge in [-0.2, -0.15) is 0 Å². The Kier molecular flexibility index (Phi) is 6.45. The normalized spacial score (nSPS) is 14.1. The first-order valence-electron chi connectivity index (χ1n) is 5.74. The molecule has 1 atom stereocenters. The average Bonchev–Trinajstić information content (AvgIpc) is 2.13. The molecular weight excluding hydrogens is 170 g/mol. The first-order chi connectivity index (χ1) is 6.54. The molecule has 0 aliphatic carbocycles. The van der Waals surface area contributed by atoms with Crippen molar-refractivity contribution < 1.29 is 0 Å². The second kappa shape index (κ2) is 6.76. The summed E-state index contributed by atoms with van der Waals surface area (Å²) in [6.45, 7) is 6.77. The van der Waals surface area contributed by atoms with Crippen molar-refractivity contribution in [2.45, 2.75) is 52.9 Å². The molecule has 0 radical (unpaired) electrons. The number of hydrogen-bond donors (Lipinski definition) is 0. The molecule has 0 aromatic rings. The zero-order valence-electron chi connectivity index (χ0n) is 10.5. The van der Waals surface area contributed by atoms with Gasteiger partial charge < -0.3 is 4.90 Å². The molecule has 0 heterocycles. The molecule has 1 nitrogen and oxygen atoms in total. The average molecular weight is 195 g/mol. The fourth-order valence-corrected chi connectivity index (χ4v) is 1.62. The van der Waals surface area contributed by atoms with E-state index in [1.54, 1.807) is 0 Å². The molecule has 0 N–H and O–H groups in total. The molecule has 0 fully saturated rings. The van der Waals surface area contributed by atoms with E-state index < -0.39 is 0 Å². The van der Waals surface area contributed by atoms with Crippen molar-refractivity contribution in [3.8, 4) is 12.0 Å². The Morgan fingerprint density at radius 1 is 1.07 bits per heavy atom. The van der Waals surface area contributed by atoms with Gasteiger partial charge in [0, 0.05) is 25.6 Å². The molecule has 0 saturated heterocycles. The van der Waals surface area contributed by atoms with E-state index in [0.29, 0.717) is 0 Å². The first kappa shape index (κ1) is 13.4. The largest absolute Gasteiger partial charge is 0.339 e. The van der Waals surface area contributed by atoms with E-state index in [9.17, 15) is 0 Å². The molecule has 1 heteroatoms. The summed E-state index contributed by atoms with van der Waals surface area (Å²) in [6.07, 6.45) is 6.23. The summed E-state index contributed by atoms with van der Waals surface area (Å²) >= 11 is 0. The van der Waals surface area contributed by atoms with Gasteiger partial charge in [0.1, 0.15) is 0 Å². The summed E-state index contributed by atoms with van der Waals surface area (Å²) in [4.78, 5) is 1.94. The van der Waals surface area contributed by atoms with Crippen LogP contribution < -0.4 is 0 Å². The summed E-state index contributed by atoms with van der Waals surface area (Å²) in [5.41, 5.74) is 0.231. The molecule has 14 heavy (non-hydrogen) atoms. The van der Waals surface area contributed by atoms with Crippen LogP contribution in [0.3, 0.4) is 0 Å². The van der Waals surface area contributed by atoms with Gasteiger partial charge in [-0.05, 0) is 19.8 Å². The summed E-state index contributed by atoms with van der Waals surface area (Å²) in [7, 11) is 4.00. The summed E-state index contributed by atoms with van der Waals surface area (Å²) in [6, 6.07) is 3.16. The fraction of sp³-hybridized carbons (Fsp3) is 0.846. The molecule has 82 valence electrons. The molecule has 0 rings (SSSR count). The lowest BCUT2D eigenvalue weighted by Gasteiger charge is -2.22. The Morgan fingerprint density at radius 2 is 1.71 bits per heavy atom. The number of hydrogen-bond acceptors (Lipinski definition) is 1. The Bertz CT molecular complexity index is 197. The molecule has 1 unspecified atom stereocenters. The SMILES string of the molecule is CCCCC(C)(C#CN(C)C)CCC. The Labute approximate surface area is 89.9 Å². The highest BCUT2D eigenvalue weighted by Gasteiger charge is 2.19. The summed E-state index contributed by atoms with van der Waals surface area (Å²) < 4.78 is 0. The minimum Gasteiger partial charge on any atom is -0.339 e. The van der Waals surface area contributed by atoms with Crippen LogP contribution in [0.1, 0.15) is 52.9 Å². The molecular formula is C13H25N. The third kappa shape index (κ3) is 5.91. The zero-order valence-corrected chi connectivity index (χ0v) is 10.5. The van der Waals surface area contributed by atoms with Crippen LogP contribution >= 0.6 is 0 Å². The van der Waals surface area contributed by atoms with E-state index in [2.05, 4.69) is 32.7 Å². The smallest absolute Gasteiger partial charge is 0.0304 e. The minimum atomic E-state index is 0.231.